The van der Waals surface area contributed by atoms with Crippen LogP contribution in [0.25, 0.3) is 0 Å². The summed E-state index contributed by atoms with van der Waals surface area (Å²) in [4.78, 5) is 25.9. The van der Waals surface area contributed by atoms with Crippen molar-refractivity contribution in [3.05, 3.63) is 40.9 Å². The van der Waals surface area contributed by atoms with Gasteiger partial charge in [-0.15, -0.1) is 0 Å². The monoisotopic (exact) mass is 318 g/mol. The summed E-state index contributed by atoms with van der Waals surface area (Å²) in [5.41, 5.74) is 2.04. The van der Waals surface area contributed by atoms with E-state index in [4.69, 9.17) is 11.6 Å². The number of carbonyl (C=O) groups is 2. The Morgan fingerprint density at radius 3 is 2.77 bits per heavy atom. The first-order chi connectivity index (χ1) is 10.6. The van der Waals surface area contributed by atoms with Gasteiger partial charge >= 0.3 is 0 Å². The fourth-order valence-corrected chi connectivity index (χ4v) is 3.18. The second kappa shape index (κ2) is 6.53. The van der Waals surface area contributed by atoms with E-state index in [0.29, 0.717) is 24.4 Å². The second-order valence-corrected chi connectivity index (χ2v) is 6.32. The van der Waals surface area contributed by atoms with Crippen LogP contribution in [0.15, 0.2) is 35.9 Å². The Kier molecular flexibility index (Phi) is 4.48. The van der Waals surface area contributed by atoms with E-state index >= 15 is 0 Å². The maximum Gasteiger partial charge on any atom is 0.229 e. The van der Waals surface area contributed by atoms with Crippen molar-refractivity contribution in [3.63, 3.8) is 0 Å². The predicted octanol–water partition coefficient (Wildman–Crippen LogP) is 3.06. The first-order valence-electron chi connectivity index (χ1n) is 7.65. The summed E-state index contributed by atoms with van der Waals surface area (Å²) in [5, 5.41) is 3.62. The molecular formula is C17H19ClN2O2. The van der Waals surface area contributed by atoms with Crippen LogP contribution in [0.3, 0.4) is 0 Å². The molecule has 1 fully saturated rings. The van der Waals surface area contributed by atoms with Gasteiger partial charge in [0, 0.05) is 30.1 Å². The van der Waals surface area contributed by atoms with E-state index < -0.39 is 0 Å². The third-order valence-electron chi connectivity index (χ3n) is 4.15. The van der Waals surface area contributed by atoms with Crippen molar-refractivity contribution in [2.75, 3.05) is 11.4 Å². The third-order valence-corrected chi connectivity index (χ3v) is 4.40. The SMILES string of the molecule is O=C(CC1=CCCC1)N[C@@H]1CC(=O)N(c2ccc(Cl)cc2)C1. The molecule has 5 heteroatoms. The van der Waals surface area contributed by atoms with Gasteiger partial charge in [-0.3, -0.25) is 9.59 Å². The molecule has 1 aliphatic carbocycles. The van der Waals surface area contributed by atoms with E-state index in [0.717, 1.165) is 24.9 Å². The number of carbonyl (C=O) groups excluding carboxylic acids is 2. The Hall–Kier alpha value is -1.81. The summed E-state index contributed by atoms with van der Waals surface area (Å²) in [5.74, 6) is 0.0524. The molecule has 4 nitrogen and oxygen atoms in total. The van der Waals surface area contributed by atoms with Crippen LogP contribution < -0.4 is 10.2 Å². The van der Waals surface area contributed by atoms with E-state index in [2.05, 4.69) is 11.4 Å². The van der Waals surface area contributed by atoms with Gasteiger partial charge in [0.2, 0.25) is 11.8 Å². The van der Waals surface area contributed by atoms with Crippen LogP contribution in [0.5, 0.6) is 0 Å². The highest BCUT2D eigenvalue weighted by atomic mass is 35.5. The van der Waals surface area contributed by atoms with Crippen molar-refractivity contribution in [2.45, 2.75) is 38.1 Å². The Morgan fingerprint density at radius 1 is 1.32 bits per heavy atom. The minimum absolute atomic E-state index is 0.0175. The first-order valence-corrected chi connectivity index (χ1v) is 8.03. The van der Waals surface area contributed by atoms with Crippen molar-refractivity contribution >= 4 is 29.1 Å². The highest BCUT2D eigenvalue weighted by Crippen LogP contribution is 2.24. The maximum atomic E-state index is 12.1. The lowest BCUT2D eigenvalue weighted by molar-refractivity contribution is -0.121. The number of nitrogens with one attached hydrogen (secondary N) is 1. The fraction of sp³-hybridized carbons (Fsp3) is 0.412. The number of benzene rings is 1. The lowest BCUT2D eigenvalue weighted by atomic mass is 10.1. The summed E-state index contributed by atoms with van der Waals surface area (Å²) in [6.07, 6.45) is 6.22. The summed E-state index contributed by atoms with van der Waals surface area (Å²) in [6.45, 7) is 0.519. The number of nitrogens with zero attached hydrogens (tertiary/aromatic N) is 1. The summed E-state index contributed by atoms with van der Waals surface area (Å²) >= 11 is 5.87. The number of hydrogen-bond acceptors (Lipinski definition) is 2. The van der Waals surface area contributed by atoms with Crippen LogP contribution in [0.2, 0.25) is 5.02 Å². The van der Waals surface area contributed by atoms with Crippen LogP contribution in [0, 0.1) is 0 Å². The number of rotatable bonds is 4. The third kappa shape index (κ3) is 3.50. The summed E-state index contributed by atoms with van der Waals surface area (Å²) in [7, 11) is 0. The fourth-order valence-electron chi connectivity index (χ4n) is 3.06. The van der Waals surface area contributed by atoms with Crippen LogP contribution in [0.1, 0.15) is 32.1 Å². The van der Waals surface area contributed by atoms with Gasteiger partial charge in [-0.1, -0.05) is 23.3 Å². The lowest BCUT2D eigenvalue weighted by Crippen LogP contribution is -2.37. The normalized spacial score (nSPS) is 21.1. The molecule has 116 valence electrons. The zero-order chi connectivity index (χ0) is 15.5. The van der Waals surface area contributed by atoms with Crippen molar-refractivity contribution in [2.24, 2.45) is 0 Å². The molecule has 2 aliphatic rings. The lowest BCUT2D eigenvalue weighted by Gasteiger charge is -2.17. The molecule has 1 aliphatic heterocycles. The predicted molar refractivity (Wildman–Crippen MR) is 86.9 cm³/mol. The number of allylic oxidation sites excluding steroid dienone is 1. The molecule has 0 saturated carbocycles. The number of amides is 2. The van der Waals surface area contributed by atoms with Crippen molar-refractivity contribution in [1.82, 2.24) is 5.32 Å². The smallest absolute Gasteiger partial charge is 0.229 e. The largest absolute Gasteiger partial charge is 0.351 e. The summed E-state index contributed by atoms with van der Waals surface area (Å²) < 4.78 is 0. The molecule has 3 rings (SSSR count). The van der Waals surface area contributed by atoms with Gasteiger partial charge in [0.15, 0.2) is 0 Å². The average molecular weight is 319 g/mol. The van der Waals surface area contributed by atoms with E-state index in [1.807, 2.05) is 12.1 Å². The zero-order valence-corrected chi connectivity index (χ0v) is 13.1. The van der Waals surface area contributed by atoms with Crippen molar-refractivity contribution in [3.8, 4) is 0 Å². The number of hydrogen-bond donors (Lipinski definition) is 1. The molecule has 1 aromatic carbocycles. The Morgan fingerprint density at radius 2 is 2.09 bits per heavy atom. The maximum absolute atomic E-state index is 12.1. The molecule has 0 bridgehead atoms. The average Bonchev–Trinajstić information content (AvgIpc) is 3.10. The van der Waals surface area contributed by atoms with E-state index in [1.54, 1.807) is 17.0 Å². The van der Waals surface area contributed by atoms with Gasteiger partial charge in [0.1, 0.15) is 0 Å². The molecule has 22 heavy (non-hydrogen) atoms. The van der Waals surface area contributed by atoms with Crippen molar-refractivity contribution < 1.29 is 9.59 Å². The number of halogens is 1. The molecule has 0 aromatic heterocycles. The van der Waals surface area contributed by atoms with Gasteiger partial charge in [0.05, 0.1) is 6.04 Å². The highest BCUT2D eigenvalue weighted by Gasteiger charge is 2.31. The zero-order valence-electron chi connectivity index (χ0n) is 12.3. The standard InChI is InChI=1S/C17H19ClN2O2/c18-13-5-7-15(8-6-13)20-11-14(10-17(20)22)19-16(21)9-12-3-1-2-4-12/h3,5-8,14H,1-2,4,9-11H2,(H,19,21)/t14-/m1/s1. The van der Waals surface area contributed by atoms with Crippen LogP contribution >= 0.6 is 11.6 Å². The van der Waals surface area contributed by atoms with Gasteiger partial charge in [-0.25, -0.2) is 0 Å². The van der Waals surface area contributed by atoms with Gasteiger partial charge in [-0.2, -0.15) is 0 Å². The first kappa shape index (κ1) is 15.1. The molecule has 1 heterocycles. The highest BCUT2D eigenvalue weighted by molar-refractivity contribution is 6.30. The minimum atomic E-state index is -0.113. The molecule has 1 atom stereocenters. The molecule has 1 aromatic rings. The van der Waals surface area contributed by atoms with Crippen LogP contribution in [0.4, 0.5) is 5.69 Å². The second-order valence-electron chi connectivity index (χ2n) is 5.88. The topological polar surface area (TPSA) is 49.4 Å². The molecule has 1 N–H and O–H groups in total. The van der Waals surface area contributed by atoms with Gasteiger partial charge in [-0.05, 0) is 43.5 Å². The molecule has 0 radical (unpaired) electrons. The quantitative estimate of drug-likeness (QED) is 0.867. The molecular weight excluding hydrogens is 300 g/mol. The summed E-state index contributed by atoms with van der Waals surface area (Å²) in [6, 6.07) is 7.07. The van der Waals surface area contributed by atoms with E-state index in [9.17, 15) is 9.59 Å². The van der Waals surface area contributed by atoms with E-state index in [-0.39, 0.29) is 17.9 Å². The Balaban J connectivity index is 1.57. The number of anilines is 1. The van der Waals surface area contributed by atoms with E-state index in [1.165, 1.54) is 5.57 Å². The molecule has 0 unspecified atom stereocenters. The van der Waals surface area contributed by atoms with Gasteiger partial charge in [0.25, 0.3) is 0 Å². The van der Waals surface area contributed by atoms with Crippen LogP contribution in [-0.4, -0.2) is 24.4 Å². The Bertz CT molecular complexity index is 610. The Labute approximate surface area is 135 Å². The van der Waals surface area contributed by atoms with Crippen molar-refractivity contribution in [1.29, 1.82) is 0 Å². The van der Waals surface area contributed by atoms with Gasteiger partial charge < -0.3 is 10.2 Å². The minimum Gasteiger partial charge on any atom is -0.351 e. The molecule has 2 amide bonds. The molecule has 1 saturated heterocycles. The molecule has 0 spiro atoms. The van der Waals surface area contributed by atoms with Crippen LogP contribution in [-0.2, 0) is 9.59 Å².